The zero-order valence-corrected chi connectivity index (χ0v) is 9.63. The largest absolute Gasteiger partial charge is 0.481 e. The topological polar surface area (TPSA) is 90.7 Å². The molecule has 0 bridgehead atoms. The quantitative estimate of drug-likeness (QED) is 0.579. The Morgan fingerprint density at radius 3 is 3.00 bits per heavy atom. The van der Waals surface area contributed by atoms with Crippen molar-refractivity contribution in [3.8, 4) is 5.75 Å². The third-order valence-corrected chi connectivity index (χ3v) is 2.60. The maximum atomic E-state index is 11.5. The molecule has 1 aliphatic heterocycles. The molecule has 1 aliphatic rings. The Hall–Kier alpha value is -1.95. The lowest BCUT2D eigenvalue weighted by Gasteiger charge is -2.22. The minimum atomic E-state index is -0.612. The molecule has 0 aromatic heterocycles. The first-order chi connectivity index (χ1) is 8.04. The number of anilines is 2. The molecule has 7 heteroatoms. The first-order valence-electron chi connectivity index (χ1n) is 4.67. The molecule has 17 heavy (non-hydrogen) atoms. The van der Waals surface area contributed by atoms with E-state index in [4.69, 9.17) is 22.1 Å². The van der Waals surface area contributed by atoms with Gasteiger partial charge in [0.2, 0.25) is 0 Å². The average Bonchev–Trinajstić information content (AvgIpc) is 2.33. The molecular formula is C10H9ClN2O4. The van der Waals surface area contributed by atoms with Crippen molar-refractivity contribution in [2.45, 2.75) is 0 Å². The number of esters is 1. The Bertz CT molecular complexity index is 516. The number of nitrogen functional groups attached to an aromatic ring is 1. The molecular weight excluding hydrogens is 248 g/mol. The summed E-state index contributed by atoms with van der Waals surface area (Å²) in [4.78, 5) is 22.7. The van der Waals surface area contributed by atoms with Gasteiger partial charge in [0.15, 0.2) is 12.4 Å². The van der Waals surface area contributed by atoms with E-state index in [-0.39, 0.29) is 40.2 Å². The monoisotopic (exact) mass is 256 g/mol. The van der Waals surface area contributed by atoms with Crippen molar-refractivity contribution >= 4 is 34.9 Å². The summed E-state index contributed by atoms with van der Waals surface area (Å²) in [5.74, 6) is -0.792. The van der Waals surface area contributed by atoms with Crippen molar-refractivity contribution in [2.24, 2.45) is 0 Å². The van der Waals surface area contributed by atoms with Crippen LogP contribution in [0.2, 0.25) is 5.02 Å². The van der Waals surface area contributed by atoms with Gasteiger partial charge in [0.05, 0.1) is 17.8 Å². The number of methoxy groups -OCH3 is 1. The molecule has 6 nitrogen and oxygen atoms in total. The van der Waals surface area contributed by atoms with E-state index in [0.29, 0.717) is 0 Å². The smallest absolute Gasteiger partial charge is 0.341 e. The number of nitrogens with one attached hydrogen (secondary N) is 1. The summed E-state index contributed by atoms with van der Waals surface area (Å²) in [5.41, 5.74) is 6.18. The minimum absolute atomic E-state index is 0.127. The van der Waals surface area contributed by atoms with Gasteiger partial charge < -0.3 is 20.5 Å². The summed E-state index contributed by atoms with van der Waals surface area (Å²) in [6, 6.07) is 1.35. The fraction of sp³-hybridized carbons (Fsp3) is 0.200. The van der Waals surface area contributed by atoms with Crippen LogP contribution in [-0.4, -0.2) is 25.6 Å². The van der Waals surface area contributed by atoms with Gasteiger partial charge in [0, 0.05) is 0 Å². The highest BCUT2D eigenvalue weighted by Crippen LogP contribution is 2.41. The predicted molar refractivity (Wildman–Crippen MR) is 61.3 cm³/mol. The van der Waals surface area contributed by atoms with E-state index in [1.807, 2.05) is 0 Å². The molecule has 2 rings (SSSR count). The van der Waals surface area contributed by atoms with Gasteiger partial charge in [0.25, 0.3) is 5.91 Å². The number of halogens is 1. The predicted octanol–water partition coefficient (Wildman–Crippen LogP) is 1.04. The zero-order valence-electron chi connectivity index (χ0n) is 8.87. The van der Waals surface area contributed by atoms with Crippen LogP contribution >= 0.6 is 11.6 Å². The molecule has 90 valence electrons. The van der Waals surface area contributed by atoms with Crippen LogP contribution in [0, 0.1) is 0 Å². The number of carbonyl (C=O) groups excluding carboxylic acids is 2. The lowest BCUT2D eigenvalue weighted by Crippen LogP contribution is -2.27. The van der Waals surface area contributed by atoms with Gasteiger partial charge in [-0.15, -0.1) is 0 Å². The van der Waals surface area contributed by atoms with E-state index in [1.54, 1.807) is 0 Å². The minimum Gasteiger partial charge on any atom is -0.481 e. The summed E-state index contributed by atoms with van der Waals surface area (Å²) in [5, 5.41) is 2.66. The van der Waals surface area contributed by atoms with E-state index in [9.17, 15) is 9.59 Å². The second-order valence-electron chi connectivity index (χ2n) is 3.35. The summed E-state index contributed by atoms with van der Waals surface area (Å²) in [6.45, 7) is -0.182. The van der Waals surface area contributed by atoms with Gasteiger partial charge in [-0.05, 0) is 6.07 Å². The van der Waals surface area contributed by atoms with Crippen molar-refractivity contribution in [1.29, 1.82) is 0 Å². The lowest BCUT2D eigenvalue weighted by molar-refractivity contribution is -0.118. The highest BCUT2D eigenvalue weighted by molar-refractivity contribution is 6.34. The molecule has 0 atom stereocenters. The molecule has 1 aromatic rings. The van der Waals surface area contributed by atoms with Crippen molar-refractivity contribution < 1.29 is 19.1 Å². The van der Waals surface area contributed by atoms with Gasteiger partial charge in [-0.25, -0.2) is 4.79 Å². The van der Waals surface area contributed by atoms with Crippen molar-refractivity contribution in [2.75, 3.05) is 24.8 Å². The number of nitrogens with two attached hydrogens (primary N) is 1. The molecule has 0 saturated carbocycles. The van der Waals surface area contributed by atoms with Crippen LogP contribution in [0.1, 0.15) is 10.4 Å². The summed E-state index contributed by atoms with van der Waals surface area (Å²) < 4.78 is 9.77. The van der Waals surface area contributed by atoms with Crippen molar-refractivity contribution in [1.82, 2.24) is 0 Å². The van der Waals surface area contributed by atoms with Crippen molar-refractivity contribution in [3.05, 3.63) is 16.7 Å². The number of hydrogen-bond acceptors (Lipinski definition) is 5. The van der Waals surface area contributed by atoms with E-state index in [0.717, 1.165) is 0 Å². The molecule has 3 N–H and O–H groups in total. The third-order valence-electron chi connectivity index (χ3n) is 2.29. The summed E-state index contributed by atoms with van der Waals surface area (Å²) in [7, 11) is 1.24. The van der Waals surface area contributed by atoms with Gasteiger partial charge in [-0.3, -0.25) is 4.79 Å². The standard InChI is InChI=1S/C10H9ClN2O4/c1-16-10(15)4-2-5(11)7(12)8-9(4)17-3-6(14)13-8/h2H,3,12H2,1H3,(H,13,14). The average molecular weight is 257 g/mol. The first kappa shape index (κ1) is 11.5. The van der Waals surface area contributed by atoms with Crippen LogP contribution in [-0.2, 0) is 9.53 Å². The van der Waals surface area contributed by atoms with Crippen LogP contribution in [0.3, 0.4) is 0 Å². The normalized spacial score (nSPS) is 13.4. The molecule has 0 aliphatic carbocycles. The van der Waals surface area contributed by atoms with Crippen LogP contribution < -0.4 is 15.8 Å². The fourth-order valence-corrected chi connectivity index (χ4v) is 1.70. The Labute approximate surface area is 102 Å². The molecule has 1 aromatic carbocycles. The number of carbonyl (C=O) groups is 2. The Morgan fingerprint density at radius 2 is 2.35 bits per heavy atom. The SMILES string of the molecule is COC(=O)c1cc(Cl)c(N)c2c1OCC(=O)N2. The highest BCUT2D eigenvalue weighted by atomic mass is 35.5. The molecule has 1 heterocycles. The van der Waals surface area contributed by atoms with Crippen LogP contribution in [0.4, 0.5) is 11.4 Å². The Kier molecular flexibility index (Phi) is 2.81. The first-order valence-corrected chi connectivity index (χ1v) is 5.05. The maximum absolute atomic E-state index is 11.5. The van der Waals surface area contributed by atoms with Gasteiger partial charge >= 0.3 is 5.97 Å². The summed E-state index contributed by atoms with van der Waals surface area (Å²) in [6.07, 6.45) is 0. The van der Waals surface area contributed by atoms with E-state index >= 15 is 0 Å². The van der Waals surface area contributed by atoms with Crippen LogP contribution in [0.5, 0.6) is 5.75 Å². The van der Waals surface area contributed by atoms with Gasteiger partial charge in [0.1, 0.15) is 11.3 Å². The number of benzene rings is 1. The van der Waals surface area contributed by atoms with E-state index < -0.39 is 5.97 Å². The molecule has 0 saturated heterocycles. The maximum Gasteiger partial charge on any atom is 0.341 e. The van der Waals surface area contributed by atoms with Crippen LogP contribution in [0.15, 0.2) is 6.07 Å². The molecule has 0 fully saturated rings. The van der Waals surface area contributed by atoms with E-state index in [1.165, 1.54) is 13.2 Å². The fourth-order valence-electron chi connectivity index (χ4n) is 1.50. The number of hydrogen-bond donors (Lipinski definition) is 2. The zero-order chi connectivity index (χ0) is 12.6. The number of fused-ring (bicyclic) bond motifs is 1. The number of ether oxygens (including phenoxy) is 2. The summed E-state index contributed by atoms with van der Waals surface area (Å²) >= 11 is 5.86. The molecule has 1 amide bonds. The molecule has 0 unspecified atom stereocenters. The highest BCUT2D eigenvalue weighted by Gasteiger charge is 2.27. The second-order valence-corrected chi connectivity index (χ2v) is 3.76. The number of rotatable bonds is 1. The Morgan fingerprint density at radius 1 is 1.65 bits per heavy atom. The molecule has 0 spiro atoms. The Balaban J connectivity index is 2.63. The van der Waals surface area contributed by atoms with Gasteiger partial charge in [-0.1, -0.05) is 11.6 Å². The second kappa shape index (κ2) is 4.14. The molecule has 0 radical (unpaired) electrons. The van der Waals surface area contributed by atoms with Gasteiger partial charge in [-0.2, -0.15) is 0 Å². The van der Waals surface area contributed by atoms with E-state index in [2.05, 4.69) is 10.1 Å². The van der Waals surface area contributed by atoms with Crippen molar-refractivity contribution in [3.63, 3.8) is 0 Å². The lowest BCUT2D eigenvalue weighted by atomic mass is 10.1. The number of amides is 1. The third kappa shape index (κ3) is 1.87. The van der Waals surface area contributed by atoms with Crippen LogP contribution in [0.25, 0.3) is 0 Å².